The Balaban J connectivity index is 1.25. The topological polar surface area (TPSA) is 108 Å². The fraction of sp³-hybridized carbons (Fsp3) is 0.791. The zero-order valence-electron chi connectivity index (χ0n) is 32.4. The number of allylic oxidation sites excluding steroid dienone is 4. The predicted molar refractivity (Wildman–Crippen MR) is 206 cm³/mol. The fourth-order valence-electron chi connectivity index (χ4n) is 9.04. The molecule has 4 N–H and O–H groups in total. The third-order valence-electron chi connectivity index (χ3n) is 12.3. The molecule has 4 unspecified atom stereocenters. The number of aliphatic hydroxyl groups is 1. The van der Waals surface area contributed by atoms with Gasteiger partial charge in [-0.2, -0.15) is 0 Å². The molecule has 3 fully saturated rings. The van der Waals surface area contributed by atoms with E-state index >= 15 is 0 Å². The highest BCUT2D eigenvalue weighted by Gasteiger charge is 2.51. The van der Waals surface area contributed by atoms with Crippen LogP contribution in [0.3, 0.4) is 0 Å². The van der Waals surface area contributed by atoms with Crippen molar-refractivity contribution in [2.24, 2.45) is 23.2 Å². The first-order valence-corrected chi connectivity index (χ1v) is 20.7. The number of aliphatic hydroxyl groups excluding tert-OH is 1. The quantitative estimate of drug-likeness (QED) is 0.0848. The molecule has 0 spiro atoms. The Kier molecular flexibility index (Phi) is 18.9. The maximum Gasteiger partial charge on any atom is 0.223 e. The summed E-state index contributed by atoms with van der Waals surface area (Å²) in [6.07, 6.45) is 25.9. The first-order valence-electron chi connectivity index (χ1n) is 20.7. The van der Waals surface area contributed by atoms with Gasteiger partial charge in [0, 0.05) is 37.9 Å². The van der Waals surface area contributed by atoms with Crippen LogP contribution in [0.15, 0.2) is 35.5 Å². The SMILES string of the molecule is C=C1CC[C@H](O)C/C1=C/C=C1\CCC[C@@]2(C)C1CCC2C(C)C(=O)NCCCCNC(=O)CCCCCCC(=O)NC(CC)CCCCCC. The highest BCUT2D eigenvalue weighted by Crippen LogP contribution is 2.59. The number of unbranched alkanes of at least 4 members (excludes halogenated alkanes) is 7. The maximum atomic E-state index is 13.3. The van der Waals surface area contributed by atoms with E-state index in [1.54, 1.807) is 0 Å². The lowest BCUT2D eigenvalue weighted by atomic mass is 9.61. The molecule has 0 aromatic carbocycles. The van der Waals surface area contributed by atoms with Crippen molar-refractivity contribution in [3.8, 4) is 0 Å². The minimum atomic E-state index is -0.252. The summed E-state index contributed by atoms with van der Waals surface area (Å²) in [6.45, 7) is 14.4. The van der Waals surface area contributed by atoms with Crippen molar-refractivity contribution in [2.75, 3.05) is 13.1 Å². The Hall–Kier alpha value is -2.41. The lowest BCUT2D eigenvalue weighted by Crippen LogP contribution is -2.41. The molecule has 0 bridgehead atoms. The maximum absolute atomic E-state index is 13.3. The summed E-state index contributed by atoms with van der Waals surface area (Å²) in [7, 11) is 0. The second-order valence-corrected chi connectivity index (χ2v) is 16.1. The van der Waals surface area contributed by atoms with Crippen LogP contribution in [0, 0.1) is 23.2 Å². The molecule has 0 aromatic rings. The van der Waals surface area contributed by atoms with Gasteiger partial charge in [0.15, 0.2) is 0 Å². The van der Waals surface area contributed by atoms with E-state index in [1.807, 2.05) is 0 Å². The van der Waals surface area contributed by atoms with Gasteiger partial charge >= 0.3 is 0 Å². The highest BCUT2D eigenvalue weighted by molar-refractivity contribution is 5.79. The van der Waals surface area contributed by atoms with E-state index < -0.39 is 0 Å². The second kappa shape index (κ2) is 22.5. The minimum Gasteiger partial charge on any atom is -0.393 e. The summed E-state index contributed by atoms with van der Waals surface area (Å²) < 4.78 is 0. The van der Waals surface area contributed by atoms with Crippen molar-refractivity contribution in [2.45, 2.75) is 181 Å². The highest BCUT2D eigenvalue weighted by atomic mass is 16.3. The summed E-state index contributed by atoms with van der Waals surface area (Å²) in [5, 5.41) is 19.6. The second-order valence-electron chi connectivity index (χ2n) is 16.1. The van der Waals surface area contributed by atoms with Crippen molar-refractivity contribution >= 4 is 17.7 Å². The number of rotatable bonds is 22. The van der Waals surface area contributed by atoms with Gasteiger partial charge in [-0.25, -0.2) is 0 Å². The standard InChI is InChI=1S/C43H73N3O4/c1-6-8-9-12-19-36(7-2)46-41(49)21-14-11-10-13-20-40(48)44-29-15-16-30-45-42(50)33(4)38-26-27-39-34(18-17-28-43(38,39)5)23-24-35-31-37(47)25-22-32(35)3/h23-24,33,36-39,47H,3,6-22,25-31H2,1-2,4-5H3,(H,44,48)(H,45,50)(H,46,49)/b34-23+,35-24-/t33?,36?,37-,38?,39?,43+/m0/s1. The fourth-order valence-corrected chi connectivity index (χ4v) is 9.04. The van der Waals surface area contributed by atoms with Gasteiger partial charge in [0.2, 0.25) is 17.7 Å². The first kappa shape index (κ1) is 42.0. The molecule has 0 heterocycles. The number of fused-ring (bicyclic) bond motifs is 1. The minimum absolute atomic E-state index is 0.0152. The van der Waals surface area contributed by atoms with Crippen molar-refractivity contribution in [1.82, 2.24) is 16.0 Å². The first-order chi connectivity index (χ1) is 24.1. The third kappa shape index (κ3) is 13.6. The molecule has 0 aliphatic heterocycles. The number of hydrogen-bond acceptors (Lipinski definition) is 4. The van der Waals surface area contributed by atoms with E-state index in [0.29, 0.717) is 50.2 Å². The van der Waals surface area contributed by atoms with E-state index in [4.69, 9.17) is 0 Å². The monoisotopic (exact) mass is 696 g/mol. The van der Waals surface area contributed by atoms with Crippen molar-refractivity contribution in [3.05, 3.63) is 35.5 Å². The lowest BCUT2D eigenvalue weighted by molar-refractivity contribution is -0.128. The van der Waals surface area contributed by atoms with Gasteiger partial charge in [0.25, 0.3) is 0 Å². The van der Waals surface area contributed by atoms with E-state index in [9.17, 15) is 19.5 Å². The van der Waals surface area contributed by atoms with Crippen LogP contribution in [0.25, 0.3) is 0 Å². The van der Waals surface area contributed by atoms with Crippen molar-refractivity contribution in [1.29, 1.82) is 0 Å². The smallest absolute Gasteiger partial charge is 0.223 e. The predicted octanol–water partition coefficient (Wildman–Crippen LogP) is 9.01. The van der Waals surface area contributed by atoms with Crippen LogP contribution >= 0.6 is 0 Å². The van der Waals surface area contributed by atoms with Crippen LogP contribution in [-0.2, 0) is 14.4 Å². The molecule has 3 rings (SSSR count). The largest absolute Gasteiger partial charge is 0.393 e. The zero-order chi connectivity index (χ0) is 36.4. The molecule has 3 saturated carbocycles. The van der Waals surface area contributed by atoms with Gasteiger partial charge in [0.05, 0.1) is 6.10 Å². The number of amides is 3. The molecule has 284 valence electrons. The molecule has 0 radical (unpaired) electrons. The summed E-state index contributed by atoms with van der Waals surface area (Å²) in [5.41, 5.74) is 4.02. The number of hydrogen-bond donors (Lipinski definition) is 4. The summed E-state index contributed by atoms with van der Waals surface area (Å²) in [5.74, 6) is 1.31. The number of carbonyl (C=O) groups is 3. The van der Waals surface area contributed by atoms with Gasteiger partial charge < -0.3 is 21.1 Å². The summed E-state index contributed by atoms with van der Waals surface area (Å²) >= 11 is 0. The number of nitrogens with one attached hydrogen (secondary N) is 3. The molecule has 6 atom stereocenters. The van der Waals surface area contributed by atoms with Gasteiger partial charge in [-0.1, -0.05) is 96.1 Å². The molecular weight excluding hydrogens is 622 g/mol. The van der Waals surface area contributed by atoms with Crippen LogP contribution in [-0.4, -0.2) is 48.1 Å². The Morgan fingerprint density at radius 1 is 0.880 bits per heavy atom. The van der Waals surface area contributed by atoms with E-state index in [0.717, 1.165) is 89.0 Å². The summed E-state index contributed by atoms with van der Waals surface area (Å²) in [4.78, 5) is 37.9. The van der Waals surface area contributed by atoms with Gasteiger partial charge in [-0.15, -0.1) is 0 Å². The Labute approximate surface area is 305 Å². The van der Waals surface area contributed by atoms with E-state index in [-0.39, 0.29) is 35.2 Å². The van der Waals surface area contributed by atoms with Crippen LogP contribution in [0.4, 0.5) is 0 Å². The molecule has 3 aliphatic rings. The summed E-state index contributed by atoms with van der Waals surface area (Å²) in [6, 6.07) is 0.305. The molecule has 0 aromatic heterocycles. The molecule has 7 nitrogen and oxygen atoms in total. The van der Waals surface area contributed by atoms with Gasteiger partial charge in [0.1, 0.15) is 0 Å². The third-order valence-corrected chi connectivity index (χ3v) is 12.3. The lowest BCUT2D eigenvalue weighted by Gasteiger charge is -2.44. The van der Waals surface area contributed by atoms with Crippen LogP contribution in [0.2, 0.25) is 0 Å². The molecule has 7 heteroatoms. The average Bonchev–Trinajstić information content (AvgIpc) is 3.46. The van der Waals surface area contributed by atoms with Crippen LogP contribution < -0.4 is 16.0 Å². The Morgan fingerprint density at radius 2 is 1.58 bits per heavy atom. The Morgan fingerprint density at radius 3 is 2.30 bits per heavy atom. The van der Waals surface area contributed by atoms with Crippen LogP contribution in [0.1, 0.15) is 169 Å². The normalized spacial score (nSPS) is 26.4. The molecule has 3 amide bonds. The van der Waals surface area contributed by atoms with Gasteiger partial charge in [-0.05, 0) is 113 Å². The number of carbonyl (C=O) groups excluding carboxylic acids is 3. The molecular formula is C43H73N3O4. The molecule has 3 aliphatic carbocycles. The van der Waals surface area contributed by atoms with Crippen LogP contribution in [0.5, 0.6) is 0 Å². The zero-order valence-corrected chi connectivity index (χ0v) is 32.4. The molecule has 0 saturated heterocycles. The van der Waals surface area contributed by atoms with Gasteiger partial charge in [-0.3, -0.25) is 14.4 Å². The van der Waals surface area contributed by atoms with Crippen molar-refractivity contribution in [3.63, 3.8) is 0 Å². The van der Waals surface area contributed by atoms with E-state index in [1.165, 1.54) is 49.7 Å². The Bertz CT molecular complexity index is 1140. The van der Waals surface area contributed by atoms with Crippen molar-refractivity contribution < 1.29 is 19.5 Å². The average molecular weight is 696 g/mol. The molecule has 50 heavy (non-hydrogen) atoms. The van der Waals surface area contributed by atoms with E-state index in [2.05, 4.69) is 62.4 Å².